The molecule has 0 saturated heterocycles. The molecule has 0 aliphatic heterocycles. The van der Waals surface area contributed by atoms with Crippen LogP contribution < -0.4 is 0 Å². The van der Waals surface area contributed by atoms with Crippen molar-refractivity contribution < 1.29 is 17.9 Å². The zero-order valence-corrected chi connectivity index (χ0v) is 9.92. The smallest absolute Gasteiger partial charge is 0.306 e. The van der Waals surface area contributed by atoms with E-state index in [1.54, 1.807) is 6.92 Å². The Morgan fingerprint density at radius 1 is 1.53 bits per heavy atom. The van der Waals surface area contributed by atoms with E-state index in [1.807, 2.05) is 0 Å². The van der Waals surface area contributed by atoms with E-state index in [2.05, 4.69) is 11.3 Å². The van der Waals surface area contributed by atoms with Crippen LogP contribution >= 0.6 is 0 Å². The standard InChI is InChI=1S/C9H17NO4S/c1-4-8-15(12,13)10(5-2)7-6-9(11)14-3/h4H,1,5-8H2,2-3H3. The topological polar surface area (TPSA) is 63.7 Å². The summed E-state index contributed by atoms with van der Waals surface area (Å²) in [4.78, 5) is 10.9. The summed E-state index contributed by atoms with van der Waals surface area (Å²) in [5.74, 6) is -0.524. The molecule has 0 heterocycles. The van der Waals surface area contributed by atoms with E-state index in [-0.39, 0.29) is 18.7 Å². The fraction of sp³-hybridized carbons (Fsp3) is 0.667. The third kappa shape index (κ3) is 4.94. The van der Waals surface area contributed by atoms with Gasteiger partial charge in [0.2, 0.25) is 10.0 Å². The van der Waals surface area contributed by atoms with E-state index in [9.17, 15) is 13.2 Å². The Morgan fingerprint density at radius 2 is 2.13 bits per heavy atom. The highest BCUT2D eigenvalue weighted by Gasteiger charge is 2.19. The Morgan fingerprint density at radius 3 is 2.53 bits per heavy atom. The van der Waals surface area contributed by atoms with Crippen molar-refractivity contribution in [2.45, 2.75) is 13.3 Å². The van der Waals surface area contributed by atoms with Crippen molar-refractivity contribution in [3.8, 4) is 0 Å². The molecule has 0 rings (SSSR count). The molecule has 0 N–H and O–H groups in total. The van der Waals surface area contributed by atoms with Gasteiger partial charge in [0.15, 0.2) is 0 Å². The minimum atomic E-state index is -3.32. The van der Waals surface area contributed by atoms with Gasteiger partial charge >= 0.3 is 5.97 Å². The molecule has 0 saturated carbocycles. The fourth-order valence-corrected chi connectivity index (χ4v) is 2.34. The maximum atomic E-state index is 11.6. The number of esters is 1. The minimum Gasteiger partial charge on any atom is -0.469 e. The second kappa shape index (κ2) is 6.58. The van der Waals surface area contributed by atoms with E-state index in [4.69, 9.17) is 0 Å². The Balaban J connectivity index is 4.37. The van der Waals surface area contributed by atoms with E-state index in [0.29, 0.717) is 6.54 Å². The quantitative estimate of drug-likeness (QED) is 0.473. The first-order valence-corrected chi connectivity index (χ1v) is 6.24. The predicted molar refractivity (Wildman–Crippen MR) is 57.9 cm³/mol. The van der Waals surface area contributed by atoms with Gasteiger partial charge in [0.25, 0.3) is 0 Å². The van der Waals surface area contributed by atoms with Crippen LogP contribution in [0.3, 0.4) is 0 Å². The lowest BCUT2D eigenvalue weighted by molar-refractivity contribution is -0.140. The molecule has 15 heavy (non-hydrogen) atoms. The molecule has 0 aliphatic rings. The van der Waals surface area contributed by atoms with Crippen LogP contribution in [0.2, 0.25) is 0 Å². The first-order chi connectivity index (χ1) is 6.97. The van der Waals surface area contributed by atoms with Gasteiger partial charge in [0, 0.05) is 13.1 Å². The van der Waals surface area contributed by atoms with Crippen LogP contribution in [0.25, 0.3) is 0 Å². The monoisotopic (exact) mass is 235 g/mol. The summed E-state index contributed by atoms with van der Waals surface area (Å²) in [6, 6.07) is 0. The number of ether oxygens (including phenoxy) is 1. The molecule has 0 aromatic rings. The van der Waals surface area contributed by atoms with Crippen molar-refractivity contribution >= 4 is 16.0 Å². The Bertz CT molecular complexity index is 310. The number of sulfonamides is 1. The molecule has 0 aromatic carbocycles. The van der Waals surface area contributed by atoms with Crippen molar-refractivity contribution in [3.63, 3.8) is 0 Å². The van der Waals surface area contributed by atoms with Crippen molar-refractivity contribution in [1.82, 2.24) is 4.31 Å². The average molecular weight is 235 g/mol. The third-order valence-electron chi connectivity index (χ3n) is 1.87. The van der Waals surface area contributed by atoms with Crippen LogP contribution in [0.4, 0.5) is 0 Å². The first-order valence-electron chi connectivity index (χ1n) is 4.63. The van der Waals surface area contributed by atoms with Crippen LogP contribution in [-0.2, 0) is 19.6 Å². The Labute approximate surface area is 90.8 Å². The van der Waals surface area contributed by atoms with E-state index in [0.717, 1.165) is 0 Å². The number of rotatable bonds is 7. The zero-order chi connectivity index (χ0) is 11.9. The summed E-state index contributed by atoms with van der Waals surface area (Å²) in [6.07, 6.45) is 1.40. The molecular formula is C9H17NO4S. The van der Waals surface area contributed by atoms with Gasteiger partial charge in [-0.15, -0.1) is 6.58 Å². The summed E-state index contributed by atoms with van der Waals surface area (Å²) < 4.78 is 28.8. The second-order valence-electron chi connectivity index (χ2n) is 2.89. The number of carbonyl (C=O) groups excluding carboxylic acids is 1. The van der Waals surface area contributed by atoms with Crippen LogP contribution in [0.1, 0.15) is 13.3 Å². The number of methoxy groups -OCH3 is 1. The summed E-state index contributed by atoms with van der Waals surface area (Å²) in [5, 5.41) is 0. The fourth-order valence-electron chi connectivity index (χ4n) is 1.07. The highest BCUT2D eigenvalue weighted by atomic mass is 32.2. The lowest BCUT2D eigenvalue weighted by Crippen LogP contribution is -2.34. The van der Waals surface area contributed by atoms with Crippen molar-refractivity contribution in [2.24, 2.45) is 0 Å². The van der Waals surface area contributed by atoms with Gasteiger partial charge < -0.3 is 4.74 Å². The highest BCUT2D eigenvalue weighted by molar-refractivity contribution is 7.89. The minimum absolute atomic E-state index is 0.0702. The van der Waals surface area contributed by atoms with E-state index >= 15 is 0 Å². The maximum Gasteiger partial charge on any atom is 0.306 e. The predicted octanol–water partition coefficient (Wildman–Crippen LogP) is 0.387. The van der Waals surface area contributed by atoms with Gasteiger partial charge in [-0.1, -0.05) is 13.0 Å². The molecule has 0 amide bonds. The SMILES string of the molecule is C=CCS(=O)(=O)N(CC)CCC(=O)OC. The molecule has 0 aromatic heterocycles. The lowest BCUT2D eigenvalue weighted by Gasteiger charge is -2.18. The van der Waals surface area contributed by atoms with Gasteiger partial charge in [-0.25, -0.2) is 12.7 Å². The molecule has 0 bridgehead atoms. The average Bonchev–Trinajstić information content (AvgIpc) is 2.17. The molecule has 0 unspecified atom stereocenters. The van der Waals surface area contributed by atoms with Crippen molar-refractivity contribution in [1.29, 1.82) is 0 Å². The zero-order valence-electron chi connectivity index (χ0n) is 9.10. The lowest BCUT2D eigenvalue weighted by atomic mass is 10.4. The molecule has 5 nitrogen and oxygen atoms in total. The normalized spacial score (nSPS) is 11.4. The largest absolute Gasteiger partial charge is 0.469 e. The van der Waals surface area contributed by atoms with Gasteiger partial charge in [0.1, 0.15) is 0 Å². The van der Waals surface area contributed by atoms with E-state index in [1.165, 1.54) is 17.5 Å². The summed E-state index contributed by atoms with van der Waals surface area (Å²) >= 11 is 0. The van der Waals surface area contributed by atoms with Crippen molar-refractivity contribution in [3.05, 3.63) is 12.7 Å². The number of hydrogen-bond acceptors (Lipinski definition) is 4. The number of nitrogens with zero attached hydrogens (tertiary/aromatic N) is 1. The first kappa shape index (κ1) is 14.1. The van der Waals surface area contributed by atoms with Crippen LogP contribution in [-0.4, -0.2) is 44.6 Å². The van der Waals surface area contributed by atoms with Gasteiger partial charge in [-0.05, 0) is 0 Å². The molecule has 6 heteroatoms. The summed E-state index contributed by atoms with van der Waals surface area (Å²) in [5.41, 5.74) is 0. The molecule has 0 spiro atoms. The maximum absolute atomic E-state index is 11.6. The molecule has 0 aliphatic carbocycles. The molecule has 0 radical (unpaired) electrons. The summed E-state index contributed by atoms with van der Waals surface area (Å²) in [7, 11) is -2.04. The number of carbonyl (C=O) groups is 1. The van der Waals surface area contributed by atoms with Crippen LogP contribution in [0.5, 0.6) is 0 Å². The van der Waals surface area contributed by atoms with Gasteiger partial charge in [-0.2, -0.15) is 0 Å². The Kier molecular flexibility index (Phi) is 6.19. The molecule has 88 valence electrons. The van der Waals surface area contributed by atoms with Crippen LogP contribution in [0, 0.1) is 0 Å². The molecule has 0 fully saturated rings. The van der Waals surface area contributed by atoms with Crippen LogP contribution in [0.15, 0.2) is 12.7 Å². The molecular weight excluding hydrogens is 218 g/mol. The Hall–Kier alpha value is -0.880. The highest BCUT2D eigenvalue weighted by Crippen LogP contribution is 2.03. The number of hydrogen-bond donors (Lipinski definition) is 0. The second-order valence-corrected chi connectivity index (χ2v) is 4.90. The molecule has 0 atom stereocenters. The summed E-state index contributed by atoms with van der Waals surface area (Å²) in [6.45, 7) is 5.59. The van der Waals surface area contributed by atoms with E-state index < -0.39 is 16.0 Å². The third-order valence-corrected chi connectivity index (χ3v) is 3.75. The van der Waals surface area contributed by atoms with Gasteiger partial charge in [-0.3, -0.25) is 4.79 Å². The van der Waals surface area contributed by atoms with Crippen molar-refractivity contribution in [2.75, 3.05) is 26.0 Å². The van der Waals surface area contributed by atoms with Gasteiger partial charge in [0.05, 0.1) is 19.3 Å².